The molecule has 4 aromatic carbocycles. The van der Waals surface area contributed by atoms with E-state index in [1.165, 1.54) is 0 Å². The van der Waals surface area contributed by atoms with Crippen molar-refractivity contribution < 1.29 is 33.3 Å². The Morgan fingerprint density at radius 3 is 1.86 bits per heavy atom. The fraction of sp³-hybridized carbons (Fsp3) is 0.310. The van der Waals surface area contributed by atoms with E-state index in [2.05, 4.69) is 10.1 Å². The second kappa shape index (κ2) is 17.0. The molecule has 0 spiro atoms. The Labute approximate surface area is 298 Å². The molecule has 6 atom stereocenters. The van der Waals surface area contributed by atoms with Crippen LogP contribution in [0.1, 0.15) is 46.4 Å². The van der Waals surface area contributed by atoms with Crippen LogP contribution in [0.3, 0.4) is 0 Å². The predicted octanol–water partition coefficient (Wildman–Crippen LogP) is 7.47. The molecule has 1 aromatic heterocycles. The number of ketones is 1. The van der Waals surface area contributed by atoms with Crippen LogP contribution in [0, 0.1) is 0 Å². The fourth-order valence-corrected chi connectivity index (χ4v) is 6.58. The number of benzene rings is 4. The first kappa shape index (κ1) is 34.7. The van der Waals surface area contributed by atoms with Gasteiger partial charge in [-0.2, -0.15) is 0 Å². The highest BCUT2D eigenvalue weighted by Crippen LogP contribution is 2.34. The first-order valence-corrected chi connectivity index (χ1v) is 17.4. The Kier molecular flexibility index (Phi) is 11.5. The van der Waals surface area contributed by atoms with E-state index < -0.39 is 30.7 Å². The minimum atomic E-state index is -0.715. The summed E-state index contributed by atoms with van der Waals surface area (Å²) in [5.41, 5.74) is 4.57. The van der Waals surface area contributed by atoms with Crippen LogP contribution < -0.4 is 0 Å². The summed E-state index contributed by atoms with van der Waals surface area (Å²) < 4.78 is 32.5. The van der Waals surface area contributed by atoms with E-state index >= 15 is 0 Å². The summed E-state index contributed by atoms with van der Waals surface area (Å²) in [6.45, 7) is 1.07. The van der Waals surface area contributed by atoms with Gasteiger partial charge in [-0.25, -0.2) is 4.98 Å². The lowest BCUT2D eigenvalue weighted by Gasteiger charge is -2.46. The normalized spacial score (nSPS) is 23.1. The number of ether oxygens (including phenoxy) is 5. The van der Waals surface area contributed by atoms with Gasteiger partial charge in [-0.1, -0.05) is 120 Å². The molecule has 1 fully saturated rings. The molecule has 0 bridgehead atoms. The van der Waals surface area contributed by atoms with E-state index in [9.17, 15) is 4.79 Å². The van der Waals surface area contributed by atoms with Gasteiger partial charge in [0.25, 0.3) is 0 Å². The van der Waals surface area contributed by atoms with Crippen molar-refractivity contribution in [3.8, 4) is 0 Å². The first-order valence-electron chi connectivity index (χ1n) is 17.4. The van der Waals surface area contributed by atoms with E-state index in [0.717, 1.165) is 27.6 Å². The van der Waals surface area contributed by atoms with E-state index in [0.29, 0.717) is 50.5 Å². The molecule has 5 aromatic rings. The molecule has 0 radical (unpaired) electrons. The van der Waals surface area contributed by atoms with E-state index in [4.69, 9.17) is 28.5 Å². The number of methoxy groups -OCH3 is 1. The zero-order chi connectivity index (χ0) is 34.8. The third-order valence-corrected chi connectivity index (χ3v) is 9.28. The van der Waals surface area contributed by atoms with Crippen LogP contribution in [0.4, 0.5) is 0 Å². The predicted molar refractivity (Wildman–Crippen MR) is 193 cm³/mol. The maximum absolute atomic E-state index is 13.4. The maximum atomic E-state index is 13.4. The van der Waals surface area contributed by atoms with Crippen molar-refractivity contribution >= 4 is 22.4 Å². The number of Topliss-reactive ketones (excluding diaryl/α,β-unsaturated/α-hetero) is 1. The van der Waals surface area contributed by atoms with Gasteiger partial charge >= 0.3 is 0 Å². The fourth-order valence-electron chi connectivity index (χ4n) is 6.58. The monoisotopic (exact) mass is 686 g/mol. The lowest BCUT2D eigenvalue weighted by atomic mass is 9.93. The molecule has 262 valence electrons. The highest BCUT2D eigenvalue weighted by Gasteiger charge is 2.49. The number of hydrogen-bond donors (Lipinski definition) is 0. The van der Waals surface area contributed by atoms with Crippen LogP contribution in [0.15, 0.2) is 133 Å². The third kappa shape index (κ3) is 8.76. The van der Waals surface area contributed by atoms with Gasteiger partial charge in [-0.05, 0) is 41.7 Å². The van der Waals surface area contributed by atoms with E-state index in [1.807, 2.05) is 121 Å². The molecule has 9 nitrogen and oxygen atoms in total. The van der Waals surface area contributed by atoms with Crippen molar-refractivity contribution in [2.75, 3.05) is 7.11 Å². The number of para-hydroxylation sites is 1. The van der Waals surface area contributed by atoms with Gasteiger partial charge in [0.1, 0.15) is 35.8 Å². The molecular weight excluding hydrogens is 644 g/mol. The zero-order valence-electron chi connectivity index (χ0n) is 28.6. The van der Waals surface area contributed by atoms with Gasteiger partial charge in [0.15, 0.2) is 6.29 Å². The third-order valence-electron chi connectivity index (χ3n) is 9.28. The summed E-state index contributed by atoms with van der Waals surface area (Å²) in [6.07, 6.45) is -1.58. The number of rotatable bonds is 15. The highest BCUT2D eigenvalue weighted by molar-refractivity contribution is 6.45. The molecule has 0 N–H and O–H groups in total. The molecule has 2 unspecified atom stereocenters. The Hall–Kier alpha value is -4.77. The van der Waals surface area contributed by atoms with Gasteiger partial charge < -0.3 is 28.5 Å². The molecule has 0 amide bonds. The average Bonchev–Trinajstić information content (AvgIpc) is 3.67. The van der Waals surface area contributed by atoms with E-state index in [1.54, 1.807) is 13.2 Å². The van der Waals surface area contributed by atoms with Crippen LogP contribution in [-0.2, 0) is 48.3 Å². The molecule has 1 saturated heterocycles. The highest BCUT2D eigenvalue weighted by atomic mass is 16.7. The van der Waals surface area contributed by atoms with Crippen molar-refractivity contribution in [3.63, 3.8) is 0 Å². The summed E-state index contributed by atoms with van der Waals surface area (Å²) in [6, 6.07) is 41.4. The number of carbonyl (C=O) groups excluding carboxylic acids is 1. The molecule has 0 aliphatic carbocycles. The number of nitrogens with zero attached hydrogens (tertiary/aromatic N) is 2. The molecule has 7 rings (SSSR count). The largest absolute Gasteiger partial charge is 0.392 e. The molecular formula is C42H42N2O7. The smallest absolute Gasteiger partial charge is 0.229 e. The number of pyridine rings is 1. The molecule has 51 heavy (non-hydrogen) atoms. The van der Waals surface area contributed by atoms with Crippen LogP contribution in [0.25, 0.3) is 10.9 Å². The number of hydrogen-bond acceptors (Lipinski definition) is 9. The van der Waals surface area contributed by atoms with Crippen molar-refractivity contribution in [3.05, 3.63) is 150 Å². The minimum absolute atomic E-state index is 0.228. The average molecular weight is 687 g/mol. The SMILES string of the molecule is CO[C@H]1O[C@H](CCC2CC(C(=O)c3ccc4ccccc4n3)=NO2)[C@@H](OCc2ccccc2)C(OCc2ccccc2)[C@H]1OCc1ccccc1. The number of oxime groups is 1. The van der Waals surface area contributed by atoms with Crippen LogP contribution >= 0.6 is 0 Å². The lowest BCUT2D eigenvalue weighted by molar-refractivity contribution is -0.319. The summed E-state index contributed by atoms with van der Waals surface area (Å²) in [7, 11) is 1.62. The van der Waals surface area contributed by atoms with Crippen LogP contribution in [-0.4, -0.2) is 60.4 Å². The zero-order valence-corrected chi connectivity index (χ0v) is 28.6. The standard InChI is InChI=1S/C42H42N2O7/c1-46-42-41(49-28-31-17-9-4-10-18-31)40(48-27-30-15-7-3-8-16-30)39(47-26-29-13-5-2-6-14-29)37(50-42)24-22-33-25-36(44-51-33)38(45)35-23-21-32-19-11-12-20-34(32)43-35/h2-21,23,33,37,39-42H,22,24-28H2,1H3/t33?,37-,39-,40?,41-,42+/m1/s1. The number of aromatic nitrogens is 1. The molecule has 2 aliphatic rings. The molecule has 9 heteroatoms. The van der Waals surface area contributed by atoms with E-state index in [-0.39, 0.29) is 11.9 Å². The second-order valence-corrected chi connectivity index (χ2v) is 12.8. The van der Waals surface area contributed by atoms with Crippen molar-refractivity contribution in [2.45, 2.75) is 75.9 Å². The summed E-state index contributed by atoms with van der Waals surface area (Å²) in [5, 5.41) is 5.17. The Morgan fingerprint density at radius 2 is 1.24 bits per heavy atom. The van der Waals surface area contributed by atoms with Gasteiger partial charge in [-0.15, -0.1) is 0 Å². The van der Waals surface area contributed by atoms with Gasteiger partial charge in [-0.3, -0.25) is 4.79 Å². The molecule has 3 heterocycles. The number of carbonyl (C=O) groups is 1. The summed E-state index contributed by atoms with van der Waals surface area (Å²) >= 11 is 0. The first-order chi connectivity index (χ1) is 25.1. The topological polar surface area (TPSA) is 97.7 Å². The van der Waals surface area contributed by atoms with Crippen LogP contribution in [0.2, 0.25) is 0 Å². The summed E-state index contributed by atoms with van der Waals surface area (Å²) in [4.78, 5) is 23.7. The number of fused-ring (bicyclic) bond motifs is 1. The van der Waals surface area contributed by atoms with Gasteiger partial charge in [0, 0.05) is 18.9 Å². The summed E-state index contributed by atoms with van der Waals surface area (Å²) in [5.74, 6) is -0.228. The van der Waals surface area contributed by atoms with Crippen LogP contribution in [0.5, 0.6) is 0 Å². The van der Waals surface area contributed by atoms with Gasteiger partial charge in [0.2, 0.25) is 5.78 Å². The van der Waals surface area contributed by atoms with Gasteiger partial charge in [0.05, 0.1) is 31.4 Å². The minimum Gasteiger partial charge on any atom is -0.392 e. The van der Waals surface area contributed by atoms with Crippen molar-refractivity contribution in [1.29, 1.82) is 0 Å². The lowest BCUT2D eigenvalue weighted by Crippen LogP contribution is -2.60. The second-order valence-electron chi connectivity index (χ2n) is 12.8. The molecule has 2 aliphatic heterocycles. The Bertz CT molecular complexity index is 1890. The Morgan fingerprint density at radius 1 is 0.667 bits per heavy atom. The maximum Gasteiger partial charge on any atom is 0.229 e. The van der Waals surface area contributed by atoms with Crippen molar-refractivity contribution in [2.24, 2.45) is 5.16 Å². The Balaban J connectivity index is 1.08. The quantitative estimate of drug-likeness (QED) is 0.105. The molecule has 0 saturated carbocycles. The van der Waals surface area contributed by atoms with Crippen molar-refractivity contribution in [1.82, 2.24) is 4.98 Å².